The third-order valence-electron chi connectivity index (χ3n) is 7.71. The Morgan fingerprint density at radius 3 is 1.90 bits per heavy atom. The molecule has 0 aromatic heterocycles. The topological polar surface area (TPSA) is 95.0 Å². The number of aliphatic hydroxyl groups is 1. The molecular weight excluding hydrogens is 540 g/mol. The van der Waals surface area contributed by atoms with E-state index in [1.165, 1.54) is 4.90 Å². The SMILES string of the molecule is CCCCC12N(COC)C(=O)N(CO)C1(CCCC)N(CC(C)C)C(=O)N2COC1CSC(OC(C)C)CS1. The highest BCUT2D eigenvalue weighted by molar-refractivity contribution is 8.06. The Morgan fingerprint density at radius 2 is 1.41 bits per heavy atom. The molecule has 3 rings (SSSR count). The Bertz CT molecular complexity index is 815. The fourth-order valence-corrected chi connectivity index (χ4v) is 8.81. The number of carbonyl (C=O) groups is 2. The lowest BCUT2D eigenvalue weighted by molar-refractivity contribution is -0.132. The third-order valence-corrected chi connectivity index (χ3v) is 10.4. The van der Waals surface area contributed by atoms with Gasteiger partial charge in [0.15, 0.2) is 11.3 Å². The van der Waals surface area contributed by atoms with Crippen LogP contribution in [0.4, 0.5) is 9.59 Å². The van der Waals surface area contributed by atoms with Gasteiger partial charge >= 0.3 is 12.1 Å². The molecule has 1 N–H and O–H groups in total. The first kappa shape index (κ1) is 32.6. The van der Waals surface area contributed by atoms with Crippen molar-refractivity contribution in [3.05, 3.63) is 0 Å². The Hall–Kier alpha value is -0.920. The van der Waals surface area contributed by atoms with Gasteiger partial charge in [-0.3, -0.25) is 19.6 Å². The van der Waals surface area contributed by atoms with E-state index in [1.54, 1.807) is 40.4 Å². The van der Waals surface area contributed by atoms with Gasteiger partial charge in [-0.15, -0.1) is 23.5 Å². The summed E-state index contributed by atoms with van der Waals surface area (Å²) in [7, 11) is 1.56. The molecule has 0 aromatic carbocycles. The van der Waals surface area contributed by atoms with E-state index in [2.05, 4.69) is 27.7 Å². The van der Waals surface area contributed by atoms with Crippen LogP contribution in [0.3, 0.4) is 0 Å². The fourth-order valence-electron chi connectivity index (χ4n) is 6.20. The Kier molecular flexibility index (Phi) is 12.0. The highest BCUT2D eigenvalue weighted by Crippen LogP contribution is 2.56. The second kappa shape index (κ2) is 14.3. The van der Waals surface area contributed by atoms with Crippen LogP contribution in [0.2, 0.25) is 0 Å². The summed E-state index contributed by atoms with van der Waals surface area (Å²) >= 11 is 3.45. The van der Waals surface area contributed by atoms with Crippen molar-refractivity contribution in [3.8, 4) is 0 Å². The molecule has 12 heteroatoms. The van der Waals surface area contributed by atoms with Gasteiger partial charge in [0.25, 0.3) is 0 Å². The molecule has 0 bridgehead atoms. The number of aliphatic hydroxyl groups excluding tert-OH is 1. The number of hydrogen-bond acceptors (Lipinski definition) is 8. The van der Waals surface area contributed by atoms with Gasteiger partial charge < -0.3 is 19.3 Å². The molecule has 0 saturated carbocycles. The van der Waals surface area contributed by atoms with Crippen molar-refractivity contribution in [2.24, 2.45) is 5.92 Å². The molecule has 3 saturated heterocycles. The van der Waals surface area contributed by atoms with Crippen LogP contribution in [0.1, 0.15) is 80.1 Å². The first-order valence-electron chi connectivity index (χ1n) is 14.4. The number of urea groups is 2. The van der Waals surface area contributed by atoms with Crippen LogP contribution < -0.4 is 0 Å². The normalized spacial score (nSPS) is 29.5. The van der Waals surface area contributed by atoms with Gasteiger partial charge in [-0.1, -0.05) is 40.5 Å². The number of methoxy groups -OCH3 is 1. The van der Waals surface area contributed by atoms with E-state index in [9.17, 15) is 14.7 Å². The first-order chi connectivity index (χ1) is 18.6. The summed E-state index contributed by atoms with van der Waals surface area (Å²) in [4.78, 5) is 35.2. The average molecular weight is 591 g/mol. The highest BCUT2D eigenvalue weighted by Gasteiger charge is 2.77. The molecule has 0 aromatic rings. The van der Waals surface area contributed by atoms with Gasteiger partial charge in [0.2, 0.25) is 0 Å². The van der Waals surface area contributed by atoms with Crippen molar-refractivity contribution in [1.82, 2.24) is 19.6 Å². The number of rotatable bonds is 16. The summed E-state index contributed by atoms with van der Waals surface area (Å²) < 4.78 is 18.0. The van der Waals surface area contributed by atoms with Gasteiger partial charge in [0.05, 0.1) is 6.10 Å². The third kappa shape index (κ3) is 6.16. The summed E-state index contributed by atoms with van der Waals surface area (Å²) in [6.45, 7) is 12.5. The molecule has 3 aliphatic heterocycles. The monoisotopic (exact) mass is 590 g/mol. The minimum absolute atomic E-state index is 0.0223. The van der Waals surface area contributed by atoms with E-state index < -0.39 is 18.1 Å². The summed E-state index contributed by atoms with van der Waals surface area (Å²) in [5, 5.41) is 10.7. The standard InChI is InChI=1S/C27H50N4O6S2/c1-8-10-12-26-27(13-11-9-2,30(18-35-7)25(34)29(26)17-32)31(24(33)28(26)14-20(3)4)19-36-22-15-39-23(16-38-22)37-21(5)6/h20-23,32H,8-19H2,1-7H3. The molecule has 4 atom stereocenters. The molecule has 4 unspecified atom stereocenters. The molecule has 0 radical (unpaired) electrons. The van der Waals surface area contributed by atoms with Crippen LogP contribution in [0.5, 0.6) is 0 Å². The molecule has 3 heterocycles. The van der Waals surface area contributed by atoms with Crippen molar-refractivity contribution in [2.45, 2.75) is 108 Å². The zero-order chi connectivity index (χ0) is 28.8. The van der Waals surface area contributed by atoms with E-state index in [1.807, 2.05) is 18.7 Å². The van der Waals surface area contributed by atoms with Crippen molar-refractivity contribution < 1.29 is 28.9 Å². The number of unbranched alkanes of at least 4 members (excludes halogenated alkanes) is 2. The smallest absolute Gasteiger partial charge is 0.327 e. The number of thioether (sulfide) groups is 2. The number of nitrogens with zero attached hydrogens (tertiary/aromatic N) is 4. The molecule has 226 valence electrons. The van der Waals surface area contributed by atoms with E-state index in [4.69, 9.17) is 14.2 Å². The first-order valence-corrected chi connectivity index (χ1v) is 16.5. The van der Waals surface area contributed by atoms with Gasteiger partial charge in [0.1, 0.15) is 31.1 Å². The molecule has 39 heavy (non-hydrogen) atoms. The van der Waals surface area contributed by atoms with Crippen molar-refractivity contribution in [3.63, 3.8) is 0 Å². The maximum atomic E-state index is 14.4. The minimum Gasteiger partial charge on any atom is -0.376 e. The lowest BCUT2D eigenvalue weighted by atomic mass is 9.82. The maximum Gasteiger partial charge on any atom is 0.327 e. The quantitative estimate of drug-likeness (QED) is 0.269. The van der Waals surface area contributed by atoms with E-state index in [0.29, 0.717) is 19.4 Å². The summed E-state index contributed by atoms with van der Waals surface area (Å²) in [6, 6.07) is -0.466. The Balaban J connectivity index is 2.04. The van der Waals surface area contributed by atoms with Gasteiger partial charge in [-0.25, -0.2) is 9.59 Å². The number of amides is 4. The molecule has 10 nitrogen and oxygen atoms in total. The van der Waals surface area contributed by atoms with Crippen LogP contribution in [0, 0.1) is 5.92 Å². The van der Waals surface area contributed by atoms with E-state index >= 15 is 0 Å². The van der Waals surface area contributed by atoms with Crippen LogP contribution in [0.15, 0.2) is 0 Å². The molecule has 0 spiro atoms. The number of carbonyl (C=O) groups excluding carboxylic acids is 2. The van der Waals surface area contributed by atoms with Crippen LogP contribution in [-0.4, -0.2) is 110 Å². The van der Waals surface area contributed by atoms with Gasteiger partial charge in [0, 0.05) is 25.2 Å². The predicted molar refractivity (Wildman–Crippen MR) is 156 cm³/mol. The van der Waals surface area contributed by atoms with Crippen LogP contribution in [-0.2, 0) is 14.2 Å². The van der Waals surface area contributed by atoms with Crippen LogP contribution in [0.25, 0.3) is 0 Å². The fraction of sp³-hybridized carbons (Fsp3) is 0.926. The Labute approximate surface area is 243 Å². The van der Waals surface area contributed by atoms with Gasteiger partial charge in [-0.05, 0) is 45.4 Å². The average Bonchev–Trinajstić information content (AvgIpc) is 3.21. The zero-order valence-corrected chi connectivity index (χ0v) is 26.5. The number of fused-ring (bicyclic) bond motifs is 1. The lowest BCUT2D eigenvalue weighted by Gasteiger charge is -2.50. The Morgan fingerprint density at radius 1 is 0.872 bits per heavy atom. The lowest BCUT2D eigenvalue weighted by Crippen LogP contribution is -2.69. The molecule has 3 aliphatic rings. The summed E-state index contributed by atoms with van der Waals surface area (Å²) in [5.41, 5.74) is -2.03. The second-order valence-corrected chi connectivity index (χ2v) is 13.6. The summed E-state index contributed by atoms with van der Waals surface area (Å²) in [5.74, 6) is 1.74. The van der Waals surface area contributed by atoms with E-state index in [-0.39, 0.29) is 48.4 Å². The minimum atomic E-state index is -1.03. The molecule has 3 fully saturated rings. The van der Waals surface area contributed by atoms with Gasteiger partial charge in [-0.2, -0.15) is 0 Å². The predicted octanol–water partition coefficient (Wildman–Crippen LogP) is 4.98. The van der Waals surface area contributed by atoms with E-state index in [0.717, 1.165) is 37.2 Å². The van der Waals surface area contributed by atoms with Crippen molar-refractivity contribution in [1.29, 1.82) is 0 Å². The van der Waals surface area contributed by atoms with Crippen molar-refractivity contribution in [2.75, 3.05) is 45.4 Å². The van der Waals surface area contributed by atoms with Crippen molar-refractivity contribution >= 4 is 35.6 Å². The maximum absolute atomic E-state index is 14.4. The second-order valence-electron chi connectivity index (χ2n) is 11.3. The zero-order valence-electron chi connectivity index (χ0n) is 24.9. The number of hydrogen-bond donors (Lipinski definition) is 1. The molecule has 4 amide bonds. The van der Waals surface area contributed by atoms with Crippen LogP contribution >= 0.6 is 23.5 Å². The summed E-state index contributed by atoms with van der Waals surface area (Å²) in [6.07, 6.45) is 4.73. The highest BCUT2D eigenvalue weighted by atomic mass is 32.2. The largest absolute Gasteiger partial charge is 0.376 e. The molecular formula is C27H50N4O6S2. The molecule has 0 aliphatic carbocycles. The number of ether oxygens (including phenoxy) is 3.